The van der Waals surface area contributed by atoms with Gasteiger partial charge in [-0.15, -0.1) is 0 Å². The summed E-state index contributed by atoms with van der Waals surface area (Å²) in [6.45, 7) is 3.04. The quantitative estimate of drug-likeness (QED) is 0.376. The SMILES string of the molecule is [CH2]C(NC)C(O)C(O)CO. The van der Waals surface area contributed by atoms with Crippen molar-refractivity contribution in [1.82, 2.24) is 5.32 Å². The minimum absolute atomic E-state index is 0.450. The predicted octanol–water partition coefficient (Wildman–Crippen LogP) is -1.88. The minimum Gasteiger partial charge on any atom is -0.394 e. The van der Waals surface area contributed by atoms with Crippen molar-refractivity contribution in [1.29, 1.82) is 0 Å². The van der Waals surface area contributed by atoms with Crippen molar-refractivity contribution in [3.8, 4) is 0 Å². The van der Waals surface area contributed by atoms with Crippen LogP contribution in [0.2, 0.25) is 0 Å². The molecule has 0 bridgehead atoms. The highest BCUT2D eigenvalue weighted by atomic mass is 16.4. The molecule has 0 rings (SSSR count). The van der Waals surface area contributed by atoms with E-state index in [9.17, 15) is 0 Å². The van der Waals surface area contributed by atoms with Gasteiger partial charge in [0.15, 0.2) is 0 Å². The van der Waals surface area contributed by atoms with Gasteiger partial charge in [0.25, 0.3) is 0 Å². The van der Waals surface area contributed by atoms with Crippen LogP contribution < -0.4 is 5.32 Å². The number of likely N-dealkylation sites (N-methyl/N-ethyl adjacent to an activating group) is 1. The molecule has 0 spiro atoms. The zero-order valence-corrected chi connectivity index (χ0v) is 5.99. The van der Waals surface area contributed by atoms with Crippen molar-refractivity contribution in [3.05, 3.63) is 6.92 Å². The Balaban J connectivity index is 3.69. The van der Waals surface area contributed by atoms with Gasteiger partial charge in [-0.05, 0) is 14.0 Å². The molecule has 0 amide bonds. The molecular weight excluding hydrogens is 134 g/mol. The lowest BCUT2D eigenvalue weighted by Crippen LogP contribution is -2.44. The molecule has 3 atom stereocenters. The number of rotatable bonds is 4. The molecule has 10 heavy (non-hydrogen) atoms. The third-order valence-electron chi connectivity index (χ3n) is 1.36. The standard InChI is InChI=1S/C6H14NO3/c1-4(7-2)6(10)5(9)3-8/h4-10H,1,3H2,2H3. The Hall–Kier alpha value is -0.160. The second-order valence-corrected chi connectivity index (χ2v) is 2.14. The molecule has 4 heteroatoms. The fraction of sp³-hybridized carbons (Fsp3) is 0.833. The lowest BCUT2D eigenvalue weighted by Gasteiger charge is -2.21. The average molecular weight is 148 g/mol. The summed E-state index contributed by atoms with van der Waals surface area (Å²) in [5, 5.41) is 28.9. The Morgan fingerprint density at radius 3 is 2.30 bits per heavy atom. The van der Waals surface area contributed by atoms with Crippen LogP contribution in [0.1, 0.15) is 0 Å². The van der Waals surface area contributed by atoms with E-state index >= 15 is 0 Å². The van der Waals surface area contributed by atoms with Crippen molar-refractivity contribution in [2.24, 2.45) is 0 Å². The van der Waals surface area contributed by atoms with Gasteiger partial charge in [0.2, 0.25) is 0 Å². The summed E-state index contributed by atoms with van der Waals surface area (Å²) >= 11 is 0. The summed E-state index contributed by atoms with van der Waals surface area (Å²) in [4.78, 5) is 0. The third kappa shape index (κ3) is 2.62. The van der Waals surface area contributed by atoms with Gasteiger partial charge in [0.05, 0.1) is 12.7 Å². The normalized spacial score (nSPS) is 20.1. The predicted molar refractivity (Wildman–Crippen MR) is 37.3 cm³/mol. The molecule has 0 aromatic heterocycles. The fourth-order valence-electron chi connectivity index (χ4n) is 0.547. The van der Waals surface area contributed by atoms with Crippen molar-refractivity contribution in [2.45, 2.75) is 18.2 Å². The molecule has 4 N–H and O–H groups in total. The smallest absolute Gasteiger partial charge is 0.104 e. The average Bonchev–Trinajstić information content (AvgIpc) is 2.00. The monoisotopic (exact) mass is 148 g/mol. The number of hydrogen-bond donors (Lipinski definition) is 4. The van der Waals surface area contributed by atoms with Crippen LogP contribution in [-0.2, 0) is 0 Å². The lowest BCUT2D eigenvalue weighted by molar-refractivity contribution is -0.0237. The zero-order valence-electron chi connectivity index (χ0n) is 5.99. The van der Waals surface area contributed by atoms with Gasteiger partial charge in [-0.2, -0.15) is 0 Å². The van der Waals surface area contributed by atoms with E-state index in [2.05, 4.69) is 12.2 Å². The topological polar surface area (TPSA) is 72.7 Å². The first-order valence-electron chi connectivity index (χ1n) is 3.10. The van der Waals surface area contributed by atoms with Gasteiger partial charge in [-0.1, -0.05) is 0 Å². The van der Waals surface area contributed by atoms with Gasteiger partial charge in [-0.3, -0.25) is 0 Å². The summed E-state index contributed by atoms with van der Waals surface area (Å²) in [6, 6.07) is -0.456. The van der Waals surface area contributed by atoms with E-state index < -0.39 is 24.9 Å². The fourth-order valence-corrected chi connectivity index (χ4v) is 0.547. The van der Waals surface area contributed by atoms with E-state index in [-0.39, 0.29) is 0 Å². The van der Waals surface area contributed by atoms with Crippen LogP contribution in [0.25, 0.3) is 0 Å². The molecule has 61 valence electrons. The summed E-state index contributed by atoms with van der Waals surface area (Å²) < 4.78 is 0. The second kappa shape index (κ2) is 4.62. The first-order chi connectivity index (χ1) is 4.63. The molecule has 0 aliphatic heterocycles. The summed E-state index contributed by atoms with van der Waals surface area (Å²) in [5.41, 5.74) is 0. The summed E-state index contributed by atoms with van der Waals surface area (Å²) in [6.07, 6.45) is -2.13. The van der Waals surface area contributed by atoms with Crippen LogP contribution in [0.5, 0.6) is 0 Å². The molecular formula is C6H14NO3. The Labute approximate surface area is 60.5 Å². The van der Waals surface area contributed by atoms with Crippen LogP contribution in [0.3, 0.4) is 0 Å². The largest absolute Gasteiger partial charge is 0.394 e. The molecule has 4 nitrogen and oxygen atoms in total. The van der Waals surface area contributed by atoms with E-state index in [0.717, 1.165) is 0 Å². The van der Waals surface area contributed by atoms with E-state index in [1.165, 1.54) is 0 Å². The maximum absolute atomic E-state index is 9.05. The number of aliphatic hydroxyl groups excluding tert-OH is 3. The van der Waals surface area contributed by atoms with Crippen LogP contribution in [-0.4, -0.2) is 47.2 Å². The van der Waals surface area contributed by atoms with Gasteiger partial charge in [0, 0.05) is 6.04 Å². The summed E-state index contributed by atoms with van der Waals surface area (Å²) in [7, 11) is 1.62. The third-order valence-corrected chi connectivity index (χ3v) is 1.36. The maximum Gasteiger partial charge on any atom is 0.104 e. The molecule has 0 saturated heterocycles. The molecule has 0 aliphatic carbocycles. The maximum atomic E-state index is 9.05. The van der Waals surface area contributed by atoms with Crippen LogP contribution in [0, 0.1) is 6.92 Å². The Morgan fingerprint density at radius 2 is 2.00 bits per heavy atom. The molecule has 1 radical (unpaired) electrons. The highest BCUT2D eigenvalue weighted by molar-refractivity contribution is 4.81. The van der Waals surface area contributed by atoms with Crippen molar-refractivity contribution in [2.75, 3.05) is 13.7 Å². The van der Waals surface area contributed by atoms with Crippen molar-refractivity contribution >= 4 is 0 Å². The molecule has 0 saturated carbocycles. The van der Waals surface area contributed by atoms with E-state index in [0.29, 0.717) is 0 Å². The molecule has 0 aromatic rings. The molecule has 0 fully saturated rings. The van der Waals surface area contributed by atoms with Crippen molar-refractivity contribution in [3.63, 3.8) is 0 Å². The highest BCUT2D eigenvalue weighted by Crippen LogP contribution is 1.97. The second-order valence-electron chi connectivity index (χ2n) is 2.14. The van der Waals surface area contributed by atoms with Gasteiger partial charge in [-0.25, -0.2) is 0 Å². The Morgan fingerprint density at radius 1 is 1.50 bits per heavy atom. The van der Waals surface area contributed by atoms with Crippen LogP contribution in [0.15, 0.2) is 0 Å². The first-order valence-corrected chi connectivity index (χ1v) is 3.10. The Bertz CT molecular complexity index is 79.1. The Kier molecular flexibility index (Phi) is 4.55. The molecule has 0 heterocycles. The van der Waals surface area contributed by atoms with Crippen LogP contribution >= 0.6 is 0 Å². The molecule has 0 aromatic carbocycles. The minimum atomic E-state index is -1.12. The van der Waals surface area contributed by atoms with Gasteiger partial charge < -0.3 is 20.6 Å². The van der Waals surface area contributed by atoms with E-state index in [1.807, 2.05) is 0 Å². The molecule has 3 unspecified atom stereocenters. The number of nitrogens with one attached hydrogen (secondary N) is 1. The number of hydrogen-bond acceptors (Lipinski definition) is 4. The van der Waals surface area contributed by atoms with E-state index in [1.54, 1.807) is 7.05 Å². The lowest BCUT2D eigenvalue weighted by atomic mass is 10.1. The van der Waals surface area contributed by atoms with E-state index in [4.69, 9.17) is 15.3 Å². The van der Waals surface area contributed by atoms with Crippen molar-refractivity contribution < 1.29 is 15.3 Å². The molecule has 0 aliphatic rings. The summed E-state index contributed by atoms with van der Waals surface area (Å²) in [5.74, 6) is 0. The van der Waals surface area contributed by atoms with Crippen LogP contribution in [0.4, 0.5) is 0 Å². The zero-order chi connectivity index (χ0) is 8.15. The van der Waals surface area contributed by atoms with Gasteiger partial charge in [0.1, 0.15) is 6.10 Å². The first kappa shape index (κ1) is 9.84. The number of aliphatic hydroxyl groups is 3. The highest BCUT2D eigenvalue weighted by Gasteiger charge is 2.20. The van der Waals surface area contributed by atoms with Gasteiger partial charge >= 0.3 is 0 Å².